The van der Waals surface area contributed by atoms with Gasteiger partial charge in [-0.15, -0.1) is 0 Å². The smallest absolute Gasteiger partial charge is 0.275 e. The number of amides is 1. The summed E-state index contributed by atoms with van der Waals surface area (Å²) in [4.78, 5) is 25.5. The molecular formula is C25H25N3O2. The van der Waals surface area contributed by atoms with Gasteiger partial charge in [-0.2, -0.15) is 0 Å². The largest absolute Gasteiger partial charge is 0.350 e. The van der Waals surface area contributed by atoms with Gasteiger partial charge in [-0.3, -0.25) is 9.59 Å². The van der Waals surface area contributed by atoms with Crippen LogP contribution in [0.2, 0.25) is 0 Å². The van der Waals surface area contributed by atoms with Gasteiger partial charge in [0.05, 0.1) is 0 Å². The number of rotatable bonds is 6. The number of fused-ring (bicyclic) bond motifs is 1. The highest BCUT2D eigenvalue weighted by molar-refractivity contribution is 5.80. The third-order valence-electron chi connectivity index (χ3n) is 5.21. The van der Waals surface area contributed by atoms with Crippen molar-refractivity contribution in [3.63, 3.8) is 0 Å². The summed E-state index contributed by atoms with van der Waals surface area (Å²) >= 11 is 0. The highest BCUT2D eigenvalue weighted by Gasteiger charge is 2.11. The van der Waals surface area contributed by atoms with Crippen molar-refractivity contribution in [1.29, 1.82) is 0 Å². The lowest BCUT2D eigenvalue weighted by Crippen LogP contribution is -2.32. The molecule has 0 unspecified atom stereocenters. The molecule has 0 bridgehead atoms. The minimum Gasteiger partial charge on any atom is -0.350 e. The molecule has 2 heterocycles. The van der Waals surface area contributed by atoms with E-state index in [4.69, 9.17) is 0 Å². The van der Waals surface area contributed by atoms with Crippen LogP contribution in [0.5, 0.6) is 0 Å². The Kier molecular flexibility index (Phi) is 5.53. The van der Waals surface area contributed by atoms with Crippen LogP contribution in [0.3, 0.4) is 0 Å². The van der Waals surface area contributed by atoms with E-state index < -0.39 is 0 Å². The first-order chi connectivity index (χ1) is 14.5. The van der Waals surface area contributed by atoms with E-state index in [9.17, 15) is 9.59 Å². The molecule has 0 aliphatic carbocycles. The second kappa shape index (κ2) is 8.41. The maximum atomic E-state index is 13.1. The minimum atomic E-state index is -0.185. The maximum Gasteiger partial charge on any atom is 0.275 e. The fraction of sp³-hybridized carbons (Fsp3) is 0.200. The van der Waals surface area contributed by atoms with Gasteiger partial charge in [-0.1, -0.05) is 59.7 Å². The third-order valence-corrected chi connectivity index (χ3v) is 5.21. The van der Waals surface area contributed by atoms with Crippen LogP contribution in [0.15, 0.2) is 77.9 Å². The van der Waals surface area contributed by atoms with E-state index in [2.05, 4.69) is 30.4 Å². The molecule has 5 nitrogen and oxygen atoms in total. The van der Waals surface area contributed by atoms with Gasteiger partial charge in [0.15, 0.2) is 0 Å². The van der Waals surface area contributed by atoms with Crippen molar-refractivity contribution < 1.29 is 4.79 Å². The number of pyridine rings is 1. The Labute approximate surface area is 175 Å². The summed E-state index contributed by atoms with van der Waals surface area (Å²) in [5, 5.41) is 3.78. The lowest BCUT2D eigenvalue weighted by Gasteiger charge is -2.10. The van der Waals surface area contributed by atoms with Gasteiger partial charge in [0.25, 0.3) is 5.56 Å². The number of nitrogens with zero attached hydrogens (tertiary/aromatic N) is 2. The quantitative estimate of drug-likeness (QED) is 0.536. The van der Waals surface area contributed by atoms with Gasteiger partial charge >= 0.3 is 0 Å². The van der Waals surface area contributed by atoms with Crippen LogP contribution >= 0.6 is 0 Å². The third kappa shape index (κ3) is 4.35. The fourth-order valence-electron chi connectivity index (χ4n) is 3.74. The zero-order valence-electron chi connectivity index (χ0n) is 17.3. The first-order valence-electron chi connectivity index (χ1n) is 10.1. The maximum absolute atomic E-state index is 13.1. The molecule has 2 aromatic heterocycles. The van der Waals surface area contributed by atoms with E-state index in [1.165, 1.54) is 10.1 Å². The summed E-state index contributed by atoms with van der Waals surface area (Å²) in [5.74, 6) is -0.185. The summed E-state index contributed by atoms with van der Waals surface area (Å²) in [5.41, 5.74) is 4.97. The summed E-state index contributed by atoms with van der Waals surface area (Å²) in [6.07, 6.45) is 3.62. The predicted molar refractivity (Wildman–Crippen MR) is 120 cm³/mol. The molecular weight excluding hydrogens is 374 g/mol. The highest BCUT2D eigenvalue weighted by atomic mass is 16.2. The lowest BCUT2D eigenvalue weighted by molar-refractivity contribution is -0.121. The number of benzene rings is 2. The van der Waals surface area contributed by atoms with Crippen molar-refractivity contribution in [1.82, 2.24) is 14.5 Å². The van der Waals surface area contributed by atoms with Crippen LogP contribution in [0, 0.1) is 13.8 Å². The number of aryl methyl sites for hydroxylation is 2. The van der Waals surface area contributed by atoms with Gasteiger partial charge in [0.2, 0.25) is 5.91 Å². The molecule has 152 valence electrons. The van der Waals surface area contributed by atoms with Crippen molar-refractivity contribution >= 4 is 16.8 Å². The van der Waals surface area contributed by atoms with Crippen molar-refractivity contribution in [2.75, 3.05) is 0 Å². The van der Waals surface area contributed by atoms with Gasteiger partial charge in [0.1, 0.15) is 12.1 Å². The second-order valence-corrected chi connectivity index (χ2v) is 7.75. The Bertz CT molecular complexity index is 1270. The molecule has 1 N–H and O–H groups in total. The SMILES string of the molecule is Cc1cccc(CNC(=O)Cn2ccc3ccn(Cc4cccc(C)c4)c3c2=O)c1. The molecule has 0 aliphatic rings. The molecule has 0 saturated carbocycles. The van der Waals surface area contributed by atoms with Crippen molar-refractivity contribution in [3.8, 4) is 0 Å². The average Bonchev–Trinajstić information content (AvgIpc) is 3.12. The summed E-state index contributed by atoms with van der Waals surface area (Å²) in [6, 6.07) is 20.1. The Morgan fingerprint density at radius 3 is 2.20 bits per heavy atom. The number of hydrogen-bond donors (Lipinski definition) is 1. The van der Waals surface area contributed by atoms with E-state index in [-0.39, 0.29) is 18.0 Å². The van der Waals surface area contributed by atoms with Crippen LogP contribution in [0.4, 0.5) is 0 Å². The standard InChI is InChI=1S/C25H25N3O2/c1-18-5-3-7-20(13-18)15-26-23(29)17-28-12-10-22-9-11-27(24(22)25(28)30)16-21-8-4-6-19(2)14-21/h3-14H,15-17H2,1-2H3,(H,26,29). The molecule has 0 aliphatic heterocycles. The summed E-state index contributed by atoms with van der Waals surface area (Å²) in [7, 11) is 0. The number of carbonyl (C=O) groups excluding carboxylic acids is 1. The zero-order valence-corrected chi connectivity index (χ0v) is 17.3. The molecule has 4 rings (SSSR count). The zero-order chi connectivity index (χ0) is 21.1. The van der Waals surface area contributed by atoms with Crippen LogP contribution in [0.1, 0.15) is 22.3 Å². The Hall–Kier alpha value is -3.60. The molecule has 0 fully saturated rings. The number of aromatic nitrogens is 2. The first kappa shape index (κ1) is 19.7. The Balaban J connectivity index is 1.52. The van der Waals surface area contributed by atoms with E-state index >= 15 is 0 Å². The van der Waals surface area contributed by atoms with E-state index in [0.29, 0.717) is 18.6 Å². The van der Waals surface area contributed by atoms with Gasteiger partial charge in [0, 0.05) is 30.9 Å². The second-order valence-electron chi connectivity index (χ2n) is 7.75. The molecule has 0 saturated heterocycles. The van der Waals surface area contributed by atoms with E-state index in [1.807, 2.05) is 60.2 Å². The first-order valence-corrected chi connectivity index (χ1v) is 10.1. The molecule has 4 aromatic rings. The summed E-state index contributed by atoms with van der Waals surface area (Å²) in [6.45, 7) is 5.13. The molecule has 2 aromatic carbocycles. The van der Waals surface area contributed by atoms with Crippen molar-refractivity contribution in [2.45, 2.75) is 33.5 Å². The number of carbonyl (C=O) groups is 1. The van der Waals surface area contributed by atoms with Crippen molar-refractivity contribution in [3.05, 3.63) is 106 Å². The van der Waals surface area contributed by atoms with E-state index in [1.54, 1.807) is 6.20 Å². The molecule has 0 radical (unpaired) electrons. The van der Waals surface area contributed by atoms with Crippen molar-refractivity contribution in [2.24, 2.45) is 0 Å². The lowest BCUT2D eigenvalue weighted by atomic mass is 10.1. The minimum absolute atomic E-state index is 0.00376. The normalized spacial score (nSPS) is 11.0. The van der Waals surface area contributed by atoms with Gasteiger partial charge in [-0.05, 0) is 37.1 Å². The molecule has 5 heteroatoms. The highest BCUT2D eigenvalue weighted by Crippen LogP contribution is 2.14. The Morgan fingerprint density at radius 1 is 0.867 bits per heavy atom. The topological polar surface area (TPSA) is 56.0 Å². The van der Waals surface area contributed by atoms with Crippen LogP contribution < -0.4 is 10.9 Å². The number of hydrogen-bond acceptors (Lipinski definition) is 2. The average molecular weight is 399 g/mol. The van der Waals surface area contributed by atoms with Crippen LogP contribution in [0.25, 0.3) is 10.9 Å². The van der Waals surface area contributed by atoms with Crippen LogP contribution in [-0.2, 0) is 24.4 Å². The van der Waals surface area contributed by atoms with Gasteiger partial charge < -0.3 is 14.5 Å². The molecule has 30 heavy (non-hydrogen) atoms. The molecule has 0 spiro atoms. The fourth-order valence-corrected chi connectivity index (χ4v) is 3.74. The molecule has 1 amide bonds. The Morgan fingerprint density at radius 2 is 1.50 bits per heavy atom. The predicted octanol–water partition coefficient (Wildman–Crippen LogP) is 3.78. The summed E-state index contributed by atoms with van der Waals surface area (Å²) < 4.78 is 3.42. The monoisotopic (exact) mass is 399 g/mol. The van der Waals surface area contributed by atoms with Crippen LogP contribution in [-0.4, -0.2) is 15.0 Å². The number of nitrogens with one attached hydrogen (secondary N) is 1. The van der Waals surface area contributed by atoms with E-state index in [0.717, 1.165) is 22.1 Å². The molecule has 0 atom stereocenters. The van der Waals surface area contributed by atoms with Gasteiger partial charge in [-0.25, -0.2) is 0 Å².